The second kappa shape index (κ2) is 6.22. The van der Waals surface area contributed by atoms with Crippen LogP contribution in [0.15, 0.2) is 0 Å². The Morgan fingerprint density at radius 3 is 2.45 bits per heavy atom. The van der Waals surface area contributed by atoms with Crippen molar-refractivity contribution in [1.29, 1.82) is 0 Å². The van der Waals surface area contributed by atoms with Gasteiger partial charge in [0, 0.05) is 0 Å². The van der Waals surface area contributed by atoms with Gasteiger partial charge in [0.05, 0.1) is 18.1 Å². The highest BCUT2D eigenvalue weighted by atomic mass is 32.2. The lowest BCUT2D eigenvalue weighted by molar-refractivity contribution is -0.139. The Labute approximate surface area is 70.5 Å². The van der Waals surface area contributed by atoms with Crippen molar-refractivity contribution in [3.05, 3.63) is 0 Å². The monoisotopic (exact) mass is 176 g/mol. The van der Waals surface area contributed by atoms with E-state index in [1.165, 1.54) is 18.7 Å². The molecule has 0 radical (unpaired) electrons. The smallest absolute Gasteiger partial charge is 0.315 e. The van der Waals surface area contributed by atoms with E-state index in [9.17, 15) is 9.59 Å². The van der Waals surface area contributed by atoms with Crippen LogP contribution < -0.4 is 0 Å². The fraction of sp³-hybridized carbons (Fsp3) is 0.714. The first-order chi connectivity index (χ1) is 5.16. The summed E-state index contributed by atoms with van der Waals surface area (Å²) < 4.78 is 4.65. The third-order valence-corrected chi connectivity index (χ3v) is 1.88. The van der Waals surface area contributed by atoms with Gasteiger partial charge in [0.1, 0.15) is 5.78 Å². The van der Waals surface area contributed by atoms with Gasteiger partial charge in [-0.05, 0) is 13.8 Å². The molecule has 0 aliphatic carbocycles. The molecular formula is C7H12O3S. The molecular weight excluding hydrogens is 164 g/mol. The van der Waals surface area contributed by atoms with Gasteiger partial charge >= 0.3 is 5.97 Å². The normalized spacial score (nSPS) is 9.27. The summed E-state index contributed by atoms with van der Waals surface area (Å²) in [6.45, 7) is 3.66. The molecule has 0 rings (SSSR count). The third kappa shape index (κ3) is 7.39. The Hall–Kier alpha value is -0.510. The second-order valence-corrected chi connectivity index (χ2v) is 2.99. The molecule has 3 nitrogen and oxygen atoms in total. The van der Waals surface area contributed by atoms with E-state index in [0.717, 1.165) is 0 Å². The van der Waals surface area contributed by atoms with E-state index in [1.54, 1.807) is 6.92 Å². The van der Waals surface area contributed by atoms with Crippen molar-refractivity contribution in [3.63, 3.8) is 0 Å². The van der Waals surface area contributed by atoms with Gasteiger partial charge in [-0.1, -0.05) is 0 Å². The molecule has 64 valence electrons. The molecule has 0 unspecified atom stereocenters. The number of Topliss-reactive ketones (excluding diaryl/α,β-unsaturated/α-hetero) is 1. The highest BCUT2D eigenvalue weighted by molar-refractivity contribution is 8.00. The van der Waals surface area contributed by atoms with Crippen LogP contribution in [0.5, 0.6) is 0 Å². The standard InChI is InChI=1S/C7H12O3S/c1-3-10-7(9)5-11-4-6(2)8/h3-5H2,1-2H3. The molecule has 0 aliphatic rings. The van der Waals surface area contributed by atoms with Gasteiger partial charge in [-0.15, -0.1) is 11.8 Å². The van der Waals surface area contributed by atoms with Gasteiger partial charge in [-0.3, -0.25) is 9.59 Å². The lowest BCUT2D eigenvalue weighted by Crippen LogP contribution is -2.08. The van der Waals surface area contributed by atoms with Crippen molar-refractivity contribution >= 4 is 23.5 Å². The number of ether oxygens (including phenoxy) is 1. The molecule has 0 saturated heterocycles. The molecule has 0 aromatic rings. The predicted molar refractivity (Wildman–Crippen MR) is 44.6 cm³/mol. The summed E-state index contributed by atoms with van der Waals surface area (Å²) in [5, 5.41) is 0. The Kier molecular flexibility index (Phi) is 5.93. The van der Waals surface area contributed by atoms with E-state index in [4.69, 9.17) is 0 Å². The average molecular weight is 176 g/mol. The van der Waals surface area contributed by atoms with Crippen LogP contribution >= 0.6 is 11.8 Å². The molecule has 0 heterocycles. The lowest BCUT2D eigenvalue weighted by Gasteiger charge is -1.98. The first-order valence-electron chi connectivity index (χ1n) is 3.39. The quantitative estimate of drug-likeness (QED) is 0.583. The number of carbonyl (C=O) groups excluding carboxylic acids is 2. The average Bonchev–Trinajstić information content (AvgIpc) is 1.87. The summed E-state index contributed by atoms with van der Waals surface area (Å²) in [5.41, 5.74) is 0. The van der Waals surface area contributed by atoms with Crippen LogP contribution in [-0.2, 0) is 14.3 Å². The van der Waals surface area contributed by atoms with Gasteiger partial charge in [-0.2, -0.15) is 0 Å². The third-order valence-electron chi connectivity index (χ3n) is 0.831. The Bertz CT molecular complexity index is 145. The number of hydrogen-bond acceptors (Lipinski definition) is 4. The molecule has 0 N–H and O–H groups in total. The van der Waals surface area contributed by atoms with Crippen molar-refractivity contribution in [3.8, 4) is 0 Å². The number of rotatable bonds is 5. The van der Waals surface area contributed by atoms with Gasteiger partial charge in [0.2, 0.25) is 0 Å². The van der Waals surface area contributed by atoms with Crippen LogP contribution in [-0.4, -0.2) is 29.9 Å². The lowest BCUT2D eigenvalue weighted by atomic mass is 10.5. The highest BCUT2D eigenvalue weighted by Gasteiger charge is 2.01. The zero-order chi connectivity index (χ0) is 8.69. The summed E-state index contributed by atoms with van der Waals surface area (Å²) in [5.74, 6) is 0.490. The number of esters is 1. The van der Waals surface area contributed by atoms with Crippen molar-refractivity contribution in [2.24, 2.45) is 0 Å². The van der Waals surface area contributed by atoms with E-state index in [2.05, 4.69) is 4.74 Å². The minimum absolute atomic E-state index is 0.0827. The van der Waals surface area contributed by atoms with Gasteiger partial charge < -0.3 is 4.74 Å². The molecule has 0 fully saturated rings. The minimum atomic E-state index is -0.251. The Morgan fingerprint density at radius 1 is 1.36 bits per heavy atom. The first kappa shape index (κ1) is 10.5. The molecule has 0 atom stereocenters. The fourth-order valence-electron chi connectivity index (χ4n) is 0.481. The van der Waals surface area contributed by atoms with Crippen LogP contribution in [0.3, 0.4) is 0 Å². The predicted octanol–water partition coefficient (Wildman–Crippen LogP) is 0.872. The zero-order valence-electron chi connectivity index (χ0n) is 6.75. The summed E-state index contributed by atoms with van der Waals surface area (Å²) >= 11 is 1.29. The minimum Gasteiger partial charge on any atom is -0.465 e. The van der Waals surface area contributed by atoms with Crippen molar-refractivity contribution < 1.29 is 14.3 Å². The van der Waals surface area contributed by atoms with Crippen LogP contribution in [0.1, 0.15) is 13.8 Å². The molecule has 0 aromatic carbocycles. The molecule has 0 aliphatic heterocycles. The molecule has 4 heteroatoms. The largest absolute Gasteiger partial charge is 0.465 e. The Balaban J connectivity index is 3.24. The number of carbonyl (C=O) groups is 2. The maximum atomic E-state index is 10.7. The highest BCUT2D eigenvalue weighted by Crippen LogP contribution is 2.00. The number of ketones is 1. The molecule has 11 heavy (non-hydrogen) atoms. The van der Waals surface area contributed by atoms with Crippen molar-refractivity contribution in [2.75, 3.05) is 18.1 Å². The summed E-state index contributed by atoms with van der Waals surface area (Å²) in [4.78, 5) is 21.1. The summed E-state index contributed by atoms with van der Waals surface area (Å²) in [7, 11) is 0. The Morgan fingerprint density at radius 2 is 2.00 bits per heavy atom. The van der Waals surface area contributed by atoms with Crippen LogP contribution in [0.2, 0.25) is 0 Å². The maximum absolute atomic E-state index is 10.7. The number of hydrogen-bond donors (Lipinski definition) is 0. The van der Waals surface area contributed by atoms with Gasteiger partial charge in [0.25, 0.3) is 0 Å². The molecule has 0 saturated carbocycles. The van der Waals surface area contributed by atoms with E-state index in [1.807, 2.05) is 0 Å². The van der Waals surface area contributed by atoms with E-state index in [0.29, 0.717) is 12.4 Å². The maximum Gasteiger partial charge on any atom is 0.315 e. The molecule has 0 amide bonds. The van der Waals surface area contributed by atoms with Crippen LogP contribution in [0.4, 0.5) is 0 Å². The van der Waals surface area contributed by atoms with E-state index >= 15 is 0 Å². The first-order valence-corrected chi connectivity index (χ1v) is 4.55. The topological polar surface area (TPSA) is 43.4 Å². The second-order valence-electron chi connectivity index (χ2n) is 2.00. The van der Waals surface area contributed by atoms with Crippen molar-refractivity contribution in [2.45, 2.75) is 13.8 Å². The van der Waals surface area contributed by atoms with Crippen LogP contribution in [0, 0.1) is 0 Å². The van der Waals surface area contributed by atoms with Crippen molar-refractivity contribution in [1.82, 2.24) is 0 Å². The van der Waals surface area contributed by atoms with Crippen LogP contribution in [0.25, 0.3) is 0 Å². The molecule has 0 bridgehead atoms. The van der Waals surface area contributed by atoms with Gasteiger partial charge in [-0.25, -0.2) is 0 Å². The summed E-state index contributed by atoms with van der Waals surface area (Å²) in [6, 6.07) is 0. The van der Waals surface area contributed by atoms with E-state index in [-0.39, 0.29) is 17.5 Å². The van der Waals surface area contributed by atoms with Gasteiger partial charge in [0.15, 0.2) is 0 Å². The zero-order valence-corrected chi connectivity index (χ0v) is 7.57. The molecule has 0 aromatic heterocycles. The SMILES string of the molecule is CCOC(=O)CSCC(C)=O. The van der Waals surface area contributed by atoms with E-state index < -0.39 is 0 Å². The summed E-state index contributed by atoms with van der Waals surface area (Å²) in [6.07, 6.45) is 0. The number of thioether (sulfide) groups is 1. The fourth-order valence-corrected chi connectivity index (χ4v) is 1.12. The molecule has 0 spiro atoms.